The molecule has 0 radical (unpaired) electrons. The van der Waals surface area contributed by atoms with Gasteiger partial charge in [-0.05, 0) is 0 Å². The number of allylic oxidation sites excluding steroid dienone is 4. The maximum Gasteiger partial charge on any atom is -1.00 e. The molecular formula is C30H30Cl2Zr. The van der Waals surface area contributed by atoms with E-state index in [1.807, 2.05) is 0 Å². The summed E-state index contributed by atoms with van der Waals surface area (Å²) in [5.74, 6) is 1.14. The van der Waals surface area contributed by atoms with Crippen molar-refractivity contribution < 1.29 is 46.1 Å². The first-order valence-corrected chi connectivity index (χ1v) is 15.3. The summed E-state index contributed by atoms with van der Waals surface area (Å²) in [5, 5.41) is 0. The molecule has 0 amide bonds. The zero-order valence-corrected chi connectivity index (χ0v) is 23.7. The Morgan fingerprint density at radius 1 is 0.848 bits per heavy atom. The van der Waals surface area contributed by atoms with Gasteiger partial charge >= 0.3 is 195 Å². The molecule has 0 bridgehead atoms. The molecule has 1 atom stereocenters. The van der Waals surface area contributed by atoms with Crippen LogP contribution in [0.25, 0.3) is 11.1 Å². The number of hydrogen-bond acceptors (Lipinski definition) is 0. The Labute approximate surface area is 218 Å². The Kier molecular flexibility index (Phi) is 8.55. The summed E-state index contributed by atoms with van der Waals surface area (Å²) in [6.45, 7) is 9.49. The largest absolute Gasteiger partial charge is 1.00 e. The fraction of sp³-hybridized carbons (Fsp3) is 0.233. The molecule has 0 saturated heterocycles. The SMILES string of the molecule is CC1=[C](/[Zr+2](=[CH]/c2ccccc2)[c]2cccc3c2Cc2ccccc2-3)C(C)C=C1C(C)C.[Cl-].[Cl-]. The van der Waals surface area contributed by atoms with Crippen molar-refractivity contribution in [3.05, 3.63) is 110 Å². The minimum absolute atomic E-state index is 0. The molecule has 0 aliphatic heterocycles. The van der Waals surface area contributed by atoms with E-state index in [0.717, 1.165) is 6.42 Å². The van der Waals surface area contributed by atoms with Crippen molar-refractivity contribution in [2.24, 2.45) is 11.8 Å². The molecule has 0 saturated carbocycles. The zero-order valence-electron chi connectivity index (χ0n) is 19.7. The molecule has 3 heteroatoms. The van der Waals surface area contributed by atoms with Crippen LogP contribution in [0.3, 0.4) is 0 Å². The van der Waals surface area contributed by atoms with Gasteiger partial charge < -0.3 is 24.8 Å². The van der Waals surface area contributed by atoms with Gasteiger partial charge in [-0.3, -0.25) is 0 Å². The standard InChI is InChI=1S/C13H9.C10H15.C7H6.2ClH.Zr/c1-3-7-12-10(5-1)9-11-6-2-4-8-13(11)12;1-7(2)10-6-8(3)5-9(10)4;1-7-5-3-2-4-6-7;;;/h1-5,7-8H,9H2;6-8H,1-4H3;1-6H;2*1H;/q;;;;;+2/p-2. The summed E-state index contributed by atoms with van der Waals surface area (Å²) in [6.07, 6.45) is 3.63. The quantitative estimate of drug-likeness (QED) is 0.353. The minimum Gasteiger partial charge on any atom is -1.00 e. The van der Waals surface area contributed by atoms with Crippen LogP contribution in [0.1, 0.15) is 44.4 Å². The molecule has 0 N–H and O–H groups in total. The van der Waals surface area contributed by atoms with Gasteiger partial charge in [-0.15, -0.1) is 0 Å². The molecule has 0 nitrogen and oxygen atoms in total. The van der Waals surface area contributed by atoms with Crippen molar-refractivity contribution in [1.29, 1.82) is 0 Å². The molecule has 0 fully saturated rings. The second-order valence-electron chi connectivity index (χ2n) is 9.24. The topological polar surface area (TPSA) is 0 Å². The van der Waals surface area contributed by atoms with Gasteiger partial charge in [0.1, 0.15) is 0 Å². The molecule has 2 aliphatic rings. The maximum atomic E-state index is 2.69. The number of fused-ring (bicyclic) bond motifs is 3. The van der Waals surface area contributed by atoms with Gasteiger partial charge in [0.25, 0.3) is 0 Å². The van der Waals surface area contributed by atoms with Crippen LogP contribution >= 0.6 is 0 Å². The average molecular weight is 553 g/mol. The fourth-order valence-electron chi connectivity index (χ4n) is 5.47. The molecule has 1 unspecified atom stereocenters. The van der Waals surface area contributed by atoms with Crippen molar-refractivity contribution in [3.8, 4) is 11.1 Å². The average Bonchev–Trinajstić information content (AvgIpc) is 3.30. The van der Waals surface area contributed by atoms with Crippen molar-refractivity contribution in [1.82, 2.24) is 0 Å². The van der Waals surface area contributed by atoms with Crippen LogP contribution in [0, 0.1) is 11.8 Å². The van der Waals surface area contributed by atoms with Crippen LogP contribution < -0.4 is 28.1 Å². The summed E-state index contributed by atoms with van der Waals surface area (Å²) >= 11 is -2.30. The number of benzene rings is 3. The fourth-order valence-corrected chi connectivity index (χ4v) is 13.0. The molecule has 3 aromatic rings. The summed E-state index contributed by atoms with van der Waals surface area (Å²) < 4.78 is 6.12. The normalized spacial score (nSPS) is 16.2. The summed E-state index contributed by atoms with van der Waals surface area (Å²) in [6, 6.07) is 27.1. The van der Waals surface area contributed by atoms with E-state index in [1.54, 1.807) is 23.3 Å². The van der Waals surface area contributed by atoms with Crippen molar-refractivity contribution in [2.75, 3.05) is 0 Å². The second-order valence-corrected chi connectivity index (χ2v) is 14.6. The number of halogens is 2. The van der Waals surface area contributed by atoms with Crippen molar-refractivity contribution >= 4 is 6.98 Å². The van der Waals surface area contributed by atoms with E-state index in [-0.39, 0.29) is 24.8 Å². The maximum absolute atomic E-state index is 2.69. The molecular weight excluding hydrogens is 522 g/mol. The van der Waals surface area contributed by atoms with E-state index in [2.05, 4.69) is 110 Å². The van der Waals surface area contributed by atoms with Crippen molar-refractivity contribution in [3.63, 3.8) is 0 Å². The first-order valence-electron chi connectivity index (χ1n) is 11.4. The van der Waals surface area contributed by atoms with Gasteiger partial charge in [0.2, 0.25) is 0 Å². The predicted octanol–water partition coefficient (Wildman–Crippen LogP) is 0.866. The Bertz CT molecular complexity index is 1250. The van der Waals surface area contributed by atoms with Crippen LogP contribution in [0.2, 0.25) is 0 Å². The first kappa shape index (κ1) is 26.1. The third-order valence-electron chi connectivity index (χ3n) is 6.89. The van der Waals surface area contributed by atoms with Gasteiger partial charge in [0, 0.05) is 0 Å². The van der Waals surface area contributed by atoms with E-state index < -0.39 is 21.3 Å². The molecule has 0 spiro atoms. The van der Waals surface area contributed by atoms with Gasteiger partial charge in [-0.25, -0.2) is 0 Å². The zero-order chi connectivity index (χ0) is 21.5. The Morgan fingerprint density at radius 2 is 1.52 bits per heavy atom. The first-order chi connectivity index (χ1) is 15.0. The van der Waals surface area contributed by atoms with Gasteiger partial charge in [-0.2, -0.15) is 0 Å². The van der Waals surface area contributed by atoms with Gasteiger partial charge in [-0.1, -0.05) is 0 Å². The van der Waals surface area contributed by atoms with E-state index in [9.17, 15) is 0 Å². The molecule has 3 aromatic carbocycles. The monoisotopic (exact) mass is 550 g/mol. The summed E-state index contributed by atoms with van der Waals surface area (Å²) in [5.41, 5.74) is 10.5. The van der Waals surface area contributed by atoms with E-state index in [4.69, 9.17) is 0 Å². The Morgan fingerprint density at radius 3 is 2.21 bits per heavy atom. The molecule has 33 heavy (non-hydrogen) atoms. The molecule has 0 aromatic heterocycles. The van der Waals surface area contributed by atoms with Crippen LogP contribution in [-0.4, -0.2) is 3.71 Å². The minimum atomic E-state index is -2.30. The Hall–Kier alpha value is -1.53. The Balaban J connectivity index is 0.00000153. The third-order valence-corrected chi connectivity index (χ3v) is 14.5. The second kappa shape index (κ2) is 10.8. The summed E-state index contributed by atoms with van der Waals surface area (Å²) in [7, 11) is 0. The molecule has 168 valence electrons. The molecule has 5 rings (SSSR count). The van der Waals surface area contributed by atoms with Gasteiger partial charge in [0.05, 0.1) is 0 Å². The van der Waals surface area contributed by atoms with Crippen LogP contribution in [0.5, 0.6) is 0 Å². The van der Waals surface area contributed by atoms with E-state index in [0.29, 0.717) is 11.8 Å². The number of hydrogen-bond donors (Lipinski definition) is 0. The van der Waals surface area contributed by atoms with Crippen molar-refractivity contribution in [2.45, 2.75) is 34.1 Å². The summed E-state index contributed by atoms with van der Waals surface area (Å²) in [4.78, 5) is 0. The smallest absolute Gasteiger partial charge is 1.00 e. The van der Waals surface area contributed by atoms with Crippen LogP contribution in [-0.2, 0) is 27.7 Å². The molecule has 2 aliphatic carbocycles. The van der Waals surface area contributed by atoms with Gasteiger partial charge in [0.15, 0.2) is 0 Å². The van der Waals surface area contributed by atoms with Crippen LogP contribution in [0.4, 0.5) is 0 Å². The predicted molar refractivity (Wildman–Crippen MR) is 131 cm³/mol. The third kappa shape index (κ3) is 4.84. The van der Waals surface area contributed by atoms with Crippen LogP contribution in [0.15, 0.2) is 93.3 Å². The van der Waals surface area contributed by atoms with E-state index in [1.165, 1.54) is 22.3 Å². The van der Waals surface area contributed by atoms with E-state index >= 15 is 0 Å². The number of rotatable bonds is 4. The molecule has 0 heterocycles.